The second kappa shape index (κ2) is 13.3. The van der Waals surface area contributed by atoms with Crippen LogP contribution in [0, 0.1) is 0 Å². The quantitative estimate of drug-likeness (QED) is 0.194. The van der Waals surface area contributed by atoms with Crippen LogP contribution in [0.2, 0.25) is 0 Å². The van der Waals surface area contributed by atoms with Gasteiger partial charge in [-0.25, -0.2) is 21.6 Å². The summed E-state index contributed by atoms with van der Waals surface area (Å²) in [5.74, 6) is 0.0383. The summed E-state index contributed by atoms with van der Waals surface area (Å²) < 4.78 is 68.0. The van der Waals surface area contributed by atoms with E-state index in [0.29, 0.717) is 33.9 Å². The first-order valence-corrected chi connectivity index (χ1v) is 16.2. The fourth-order valence-corrected chi connectivity index (χ4v) is 6.48. The van der Waals surface area contributed by atoms with Crippen LogP contribution in [0.3, 0.4) is 0 Å². The van der Waals surface area contributed by atoms with E-state index < -0.39 is 26.0 Å². The molecule has 42 heavy (non-hydrogen) atoms. The minimum atomic E-state index is -4.06. The fraction of sp³-hybridized carbons (Fsp3) is 0.143. The van der Waals surface area contributed by atoms with Gasteiger partial charge in [-0.15, -0.1) is 0 Å². The maximum absolute atomic E-state index is 13.0. The van der Waals surface area contributed by atoms with Gasteiger partial charge in [0.05, 0.1) is 41.0 Å². The highest BCUT2D eigenvalue weighted by molar-refractivity contribution is 9.10. The summed E-state index contributed by atoms with van der Waals surface area (Å²) in [6.45, 7) is 2.26. The number of benzene rings is 3. The van der Waals surface area contributed by atoms with Crippen molar-refractivity contribution in [3.05, 3.63) is 101 Å². The number of anilines is 2. The summed E-state index contributed by atoms with van der Waals surface area (Å²) in [6.07, 6.45) is 1.55. The van der Waals surface area contributed by atoms with Gasteiger partial charge in [0.25, 0.3) is 15.9 Å². The van der Waals surface area contributed by atoms with Gasteiger partial charge in [0.2, 0.25) is 10.0 Å². The number of ether oxygens (including phenoxy) is 2. The van der Waals surface area contributed by atoms with Crippen molar-refractivity contribution >= 4 is 53.3 Å². The van der Waals surface area contributed by atoms with Crippen LogP contribution in [0.5, 0.6) is 11.5 Å². The second-order valence-electron chi connectivity index (χ2n) is 8.67. The molecule has 0 radical (unpaired) electrons. The number of aromatic nitrogens is 1. The van der Waals surface area contributed by atoms with E-state index >= 15 is 0 Å². The number of sulfonamides is 2. The molecule has 0 fully saturated rings. The molecule has 0 saturated carbocycles. The molecule has 0 aliphatic heterocycles. The number of nitrogens with one attached hydrogen (secondary N) is 3. The Morgan fingerprint density at radius 1 is 0.881 bits per heavy atom. The van der Waals surface area contributed by atoms with Gasteiger partial charge in [-0.1, -0.05) is 6.07 Å². The zero-order valence-corrected chi connectivity index (χ0v) is 25.7. The Morgan fingerprint density at radius 2 is 1.60 bits per heavy atom. The average molecular weight is 676 g/mol. The Labute approximate surface area is 252 Å². The summed E-state index contributed by atoms with van der Waals surface area (Å²) in [4.78, 5) is 16.8. The third-order valence-corrected chi connectivity index (χ3v) is 9.23. The lowest BCUT2D eigenvalue weighted by molar-refractivity contribution is 0.102. The molecule has 4 aromatic rings. The van der Waals surface area contributed by atoms with Crippen molar-refractivity contribution in [2.45, 2.75) is 23.3 Å². The lowest BCUT2D eigenvalue weighted by atomic mass is 10.2. The maximum atomic E-state index is 13.0. The van der Waals surface area contributed by atoms with Gasteiger partial charge in [0, 0.05) is 17.4 Å². The number of halogens is 1. The van der Waals surface area contributed by atoms with Gasteiger partial charge in [-0.2, -0.15) is 0 Å². The van der Waals surface area contributed by atoms with Gasteiger partial charge in [-0.3, -0.25) is 14.5 Å². The number of carbonyl (C=O) groups excluding carboxylic acids is 1. The fourth-order valence-electron chi connectivity index (χ4n) is 3.75. The van der Waals surface area contributed by atoms with Gasteiger partial charge in [-0.05, 0) is 95.7 Å². The van der Waals surface area contributed by atoms with E-state index in [4.69, 9.17) is 9.47 Å². The SMILES string of the molecule is CCOc1ccc(NS(=O)(=O)c2ccc(NC(=O)c3ccc(OC)c(S(=O)(=O)NCc4ccccn4)c3)cc2)cc1Br. The van der Waals surface area contributed by atoms with Crippen molar-refractivity contribution in [2.75, 3.05) is 23.8 Å². The van der Waals surface area contributed by atoms with E-state index in [1.54, 1.807) is 42.6 Å². The number of carbonyl (C=O) groups is 1. The van der Waals surface area contributed by atoms with Crippen LogP contribution in [0.4, 0.5) is 11.4 Å². The molecule has 0 aliphatic carbocycles. The number of hydrogen-bond acceptors (Lipinski definition) is 8. The van der Waals surface area contributed by atoms with Gasteiger partial charge in [0.1, 0.15) is 16.4 Å². The zero-order chi connectivity index (χ0) is 30.3. The molecule has 3 aromatic carbocycles. The number of methoxy groups -OCH3 is 1. The summed E-state index contributed by atoms with van der Waals surface area (Å²) in [5, 5.41) is 2.65. The molecule has 0 spiro atoms. The lowest BCUT2D eigenvalue weighted by Crippen LogP contribution is -2.25. The molecule has 3 N–H and O–H groups in total. The number of amides is 1. The average Bonchev–Trinajstić information content (AvgIpc) is 2.98. The molecule has 0 unspecified atom stereocenters. The van der Waals surface area contributed by atoms with Crippen molar-refractivity contribution in [3.8, 4) is 11.5 Å². The van der Waals surface area contributed by atoms with Crippen LogP contribution < -0.4 is 24.2 Å². The number of pyridine rings is 1. The maximum Gasteiger partial charge on any atom is 0.261 e. The standard InChI is InChI=1S/C28H27BrN4O7S2/c1-3-40-25-14-10-21(17-24(25)29)33-41(35,36)23-11-8-20(9-12-23)32-28(34)19-7-13-26(39-2)27(16-19)42(37,38)31-18-22-6-4-5-15-30-22/h4-17,31,33H,3,18H2,1-2H3,(H,32,34). The highest BCUT2D eigenvalue weighted by Gasteiger charge is 2.22. The lowest BCUT2D eigenvalue weighted by Gasteiger charge is -2.13. The molecule has 1 amide bonds. The van der Waals surface area contributed by atoms with Crippen molar-refractivity contribution in [2.24, 2.45) is 0 Å². The minimum absolute atomic E-state index is 0.0256. The van der Waals surface area contributed by atoms with E-state index in [0.717, 1.165) is 0 Å². The normalized spacial score (nSPS) is 11.5. The van der Waals surface area contributed by atoms with E-state index in [9.17, 15) is 21.6 Å². The molecule has 4 rings (SSSR count). The first-order valence-electron chi connectivity index (χ1n) is 12.5. The molecule has 1 heterocycles. The Morgan fingerprint density at radius 3 is 2.24 bits per heavy atom. The topological polar surface area (TPSA) is 153 Å². The highest BCUT2D eigenvalue weighted by atomic mass is 79.9. The number of nitrogens with zero attached hydrogens (tertiary/aromatic N) is 1. The third kappa shape index (κ3) is 7.64. The summed E-state index contributed by atoms with van der Waals surface area (Å²) in [5.41, 5.74) is 1.20. The van der Waals surface area contributed by atoms with Crippen molar-refractivity contribution < 1.29 is 31.1 Å². The Hall–Kier alpha value is -3.98. The predicted octanol–water partition coefficient (Wildman–Crippen LogP) is 4.78. The first-order chi connectivity index (χ1) is 20.0. The predicted molar refractivity (Wildman–Crippen MR) is 162 cm³/mol. The summed E-state index contributed by atoms with van der Waals surface area (Å²) in [7, 11) is -6.66. The monoisotopic (exact) mass is 674 g/mol. The minimum Gasteiger partial charge on any atom is -0.495 e. The summed E-state index contributed by atoms with van der Waals surface area (Å²) >= 11 is 3.36. The van der Waals surface area contributed by atoms with Crippen LogP contribution in [0.25, 0.3) is 0 Å². The Bertz CT molecular complexity index is 1790. The van der Waals surface area contributed by atoms with Crippen LogP contribution in [-0.2, 0) is 26.6 Å². The molecule has 220 valence electrons. The van der Waals surface area contributed by atoms with Crippen molar-refractivity contribution in [3.63, 3.8) is 0 Å². The third-order valence-electron chi connectivity index (χ3n) is 5.79. The molecular formula is C28H27BrN4O7S2. The molecule has 1 aromatic heterocycles. The molecule has 0 aliphatic rings. The summed E-state index contributed by atoms with van der Waals surface area (Å²) in [6, 6.07) is 19.5. The smallest absolute Gasteiger partial charge is 0.261 e. The van der Waals surface area contributed by atoms with E-state index in [-0.39, 0.29) is 27.6 Å². The van der Waals surface area contributed by atoms with E-state index in [1.165, 1.54) is 49.6 Å². The second-order valence-corrected chi connectivity index (χ2v) is 12.9. The molecule has 0 saturated heterocycles. The Balaban J connectivity index is 1.47. The van der Waals surface area contributed by atoms with Crippen LogP contribution in [0.1, 0.15) is 23.0 Å². The van der Waals surface area contributed by atoms with Crippen LogP contribution >= 0.6 is 15.9 Å². The van der Waals surface area contributed by atoms with Gasteiger partial charge < -0.3 is 14.8 Å². The molecular weight excluding hydrogens is 648 g/mol. The van der Waals surface area contributed by atoms with Crippen LogP contribution in [-0.4, -0.2) is 41.4 Å². The zero-order valence-electron chi connectivity index (χ0n) is 22.5. The molecule has 14 heteroatoms. The number of rotatable bonds is 12. The van der Waals surface area contributed by atoms with E-state index in [2.05, 4.69) is 35.7 Å². The van der Waals surface area contributed by atoms with Gasteiger partial charge >= 0.3 is 0 Å². The molecule has 0 bridgehead atoms. The van der Waals surface area contributed by atoms with Crippen molar-refractivity contribution in [1.82, 2.24) is 9.71 Å². The number of hydrogen-bond donors (Lipinski definition) is 3. The highest BCUT2D eigenvalue weighted by Crippen LogP contribution is 2.30. The Kier molecular flexibility index (Phi) is 9.83. The largest absolute Gasteiger partial charge is 0.495 e. The van der Waals surface area contributed by atoms with Gasteiger partial charge in [0.15, 0.2) is 0 Å². The molecule has 0 atom stereocenters. The van der Waals surface area contributed by atoms with Crippen molar-refractivity contribution in [1.29, 1.82) is 0 Å². The first kappa shape index (κ1) is 31.0. The van der Waals surface area contributed by atoms with Crippen LogP contribution in [0.15, 0.2) is 99.3 Å². The van der Waals surface area contributed by atoms with E-state index in [1.807, 2.05) is 6.92 Å². The molecule has 11 nitrogen and oxygen atoms in total.